The van der Waals surface area contributed by atoms with Crippen LogP contribution in [0.4, 0.5) is 0 Å². The van der Waals surface area contributed by atoms with Crippen molar-refractivity contribution in [3.63, 3.8) is 0 Å². The van der Waals surface area contributed by atoms with Gasteiger partial charge in [-0.05, 0) is 20.8 Å². The van der Waals surface area contributed by atoms with Gasteiger partial charge in [-0.1, -0.05) is 0 Å². The fourth-order valence-corrected chi connectivity index (χ4v) is 0.768. The first-order chi connectivity index (χ1) is 6.85. The van der Waals surface area contributed by atoms with Crippen molar-refractivity contribution in [2.45, 2.75) is 32.8 Å². The van der Waals surface area contributed by atoms with Crippen LogP contribution in [-0.4, -0.2) is 37.9 Å². The molecule has 0 aromatic rings. The average Bonchev–Trinajstić information content (AvgIpc) is 2.08. The molecule has 0 amide bonds. The van der Waals surface area contributed by atoms with Crippen LogP contribution in [0.2, 0.25) is 0 Å². The second-order valence-corrected chi connectivity index (χ2v) is 3.99. The molecule has 0 spiro atoms. The van der Waals surface area contributed by atoms with Gasteiger partial charge in [0.05, 0.1) is 13.0 Å². The van der Waals surface area contributed by atoms with E-state index in [1.54, 1.807) is 20.8 Å². The van der Waals surface area contributed by atoms with E-state index in [2.05, 4.69) is 9.47 Å². The normalized spacial score (nSPS) is 10.9. The minimum atomic E-state index is -0.560. The molecule has 0 aromatic carbocycles. The van der Waals surface area contributed by atoms with Gasteiger partial charge in [-0.15, -0.1) is 0 Å². The van der Waals surface area contributed by atoms with Crippen molar-refractivity contribution in [2.75, 3.05) is 20.3 Å². The number of esters is 2. The summed E-state index contributed by atoms with van der Waals surface area (Å²) in [6.45, 7) is 5.18. The Balaban J connectivity index is 3.67. The summed E-state index contributed by atoms with van der Waals surface area (Å²) in [7, 11) is 1.49. The lowest BCUT2D eigenvalue weighted by Gasteiger charge is -2.19. The summed E-state index contributed by atoms with van der Waals surface area (Å²) in [6.07, 6.45) is 0.138. The van der Waals surface area contributed by atoms with Crippen LogP contribution in [0.1, 0.15) is 27.2 Å². The first-order valence-corrected chi connectivity index (χ1v) is 4.71. The number of hydrogen-bond acceptors (Lipinski definition) is 5. The number of methoxy groups -OCH3 is 1. The van der Waals surface area contributed by atoms with E-state index in [9.17, 15) is 9.59 Å². The smallest absolute Gasteiger partial charge is 0.344 e. The van der Waals surface area contributed by atoms with Crippen LogP contribution in [0.15, 0.2) is 0 Å². The highest BCUT2D eigenvalue weighted by atomic mass is 16.6. The Labute approximate surface area is 89.7 Å². The summed E-state index contributed by atoms with van der Waals surface area (Å²) >= 11 is 0. The summed E-state index contributed by atoms with van der Waals surface area (Å²) in [6, 6.07) is 0. The monoisotopic (exact) mass is 218 g/mol. The largest absolute Gasteiger partial charge is 0.457 e. The predicted molar refractivity (Wildman–Crippen MR) is 53.3 cm³/mol. The molecule has 0 radical (unpaired) electrons. The zero-order chi connectivity index (χ0) is 11.9. The second kappa shape index (κ2) is 6.40. The molecular weight excluding hydrogens is 200 g/mol. The van der Waals surface area contributed by atoms with Crippen LogP contribution in [0.3, 0.4) is 0 Å². The number of carbonyl (C=O) groups is 2. The van der Waals surface area contributed by atoms with Gasteiger partial charge in [0.2, 0.25) is 0 Å². The second-order valence-electron chi connectivity index (χ2n) is 3.99. The van der Waals surface area contributed by atoms with Gasteiger partial charge in [-0.3, -0.25) is 4.79 Å². The molecule has 0 bridgehead atoms. The molecule has 0 fully saturated rings. The first kappa shape index (κ1) is 13.9. The Bertz CT molecular complexity index is 216. The van der Waals surface area contributed by atoms with Gasteiger partial charge in [-0.2, -0.15) is 0 Å². The molecule has 0 aliphatic rings. The maximum Gasteiger partial charge on any atom is 0.344 e. The van der Waals surface area contributed by atoms with Gasteiger partial charge in [-0.25, -0.2) is 4.79 Å². The van der Waals surface area contributed by atoms with Crippen LogP contribution in [0, 0.1) is 0 Å². The Hall–Kier alpha value is -1.10. The highest BCUT2D eigenvalue weighted by molar-refractivity contribution is 5.76. The molecule has 0 unspecified atom stereocenters. The third-order valence-electron chi connectivity index (χ3n) is 1.28. The topological polar surface area (TPSA) is 61.8 Å². The molecule has 0 N–H and O–H groups in total. The molecule has 0 aromatic heterocycles. The highest BCUT2D eigenvalue weighted by Gasteiger charge is 2.17. The molecule has 0 heterocycles. The Morgan fingerprint density at radius 1 is 1.13 bits per heavy atom. The SMILES string of the molecule is COCCC(=O)OCC(=O)OC(C)(C)C. The molecule has 5 heteroatoms. The molecule has 0 aliphatic carbocycles. The van der Waals surface area contributed by atoms with E-state index < -0.39 is 17.5 Å². The maximum absolute atomic E-state index is 11.1. The van der Waals surface area contributed by atoms with E-state index >= 15 is 0 Å². The van der Waals surface area contributed by atoms with Gasteiger partial charge in [0, 0.05) is 7.11 Å². The molecule has 0 rings (SSSR count). The van der Waals surface area contributed by atoms with E-state index in [1.807, 2.05) is 0 Å². The van der Waals surface area contributed by atoms with E-state index in [0.29, 0.717) is 0 Å². The van der Waals surface area contributed by atoms with Crippen molar-refractivity contribution in [1.82, 2.24) is 0 Å². The van der Waals surface area contributed by atoms with Crippen LogP contribution >= 0.6 is 0 Å². The molecule has 0 atom stereocenters. The third kappa shape index (κ3) is 9.21. The van der Waals surface area contributed by atoms with Crippen LogP contribution < -0.4 is 0 Å². The number of rotatable bonds is 5. The average molecular weight is 218 g/mol. The minimum absolute atomic E-state index is 0.138. The Morgan fingerprint density at radius 2 is 1.73 bits per heavy atom. The van der Waals surface area contributed by atoms with Crippen molar-refractivity contribution >= 4 is 11.9 Å². The van der Waals surface area contributed by atoms with Crippen molar-refractivity contribution in [3.8, 4) is 0 Å². The molecule has 88 valence electrons. The van der Waals surface area contributed by atoms with E-state index in [1.165, 1.54) is 7.11 Å². The van der Waals surface area contributed by atoms with E-state index in [4.69, 9.17) is 4.74 Å². The van der Waals surface area contributed by atoms with E-state index in [-0.39, 0.29) is 19.6 Å². The van der Waals surface area contributed by atoms with Gasteiger partial charge < -0.3 is 14.2 Å². The van der Waals surface area contributed by atoms with Crippen molar-refractivity contribution in [1.29, 1.82) is 0 Å². The number of carbonyl (C=O) groups excluding carboxylic acids is 2. The molecule has 0 saturated heterocycles. The summed E-state index contributed by atoms with van der Waals surface area (Å²) in [5, 5.41) is 0. The summed E-state index contributed by atoms with van der Waals surface area (Å²) in [4.78, 5) is 22.1. The molecule has 0 saturated carbocycles. The standard InChI is InChI=1S/C10H18O5/c1-10(2,3)15-9(12)7-14-8(11)5-6-13-4/h5-7H2,1-4H3. The van der Waals surface area contributed by atoms with Crippen molar-refractivity contribution < 1.29 is 23.8 Å². The van der Waals surface area contributed by atoms with Crippen LogP contribution in [-0.2, 0) is 23.8 Å². The summed E-state index contributed by atoms with van der Waals surface area (Å²) in [5.41, 5.74) is -0.560. The minimum Gasteiger partial charge on any atom is -0.457 e. The number of hydrogen-bond donors (Lipinski definition) is 0. The zero-order valence-electron chi connectivity index (χ0n) is 9.66. The molecular formula is C10H18O5. The van der Waals surface area contributed by atoms with Crippen LogP contribution in [0.5, 0.6) is 0 Å². The molecule has 0 aliphatic heterocycles. The third-order valence-corrected chi connectivity index (χ3v) is 1.28. The molecule has 5 nitrogen and oxygen atoms in total. The highest BCUT2D eigenvalue weighted by Crippen LogP contribution is 2.06. The Kier molecular flexibility index (Phi) is 5.93. The lowest BCUT2D eigenvalue weighted by molar-refractivity contribution is -0.166. The first-order valence-electron chi connectivity index (χ1n) is 4.71. The van der Waals surface area contributed by atoms with E-state index in [0.717, 1.165) is 0 Å². The predicted octanol–water partition coefficient (Wildman–Crippen LogP) is 0.908. The number of ether oxygens (including phenoxy) is 3. The fourth-order valence-electron chi connectivity index (χ4n) is 0.768. The quantitative estimate of drug-likeness (QED) is 0.642. The Morgan fingerprint density at radius 3 is 2.20 bits per heavy atom. The zero-order valence-corrected chi connectivity index (χ0v) is 9.66. The van der Waals surface area contributed by atoms with Crippen LogP contribution in [0.25, 0.3) is 0 Å². The fraction of sp³-hybridized carbons (Fsp3) is 0.800. The van der Waals surface area contributed by atoms with Gasteiger partial charge in [0.25, 0.3) is 0 Å². The van der Waals surface area contributed by atoms with Gasteiger partial charge in [0.15, 0.2) is 6.61 Å². The van der Waals surface area contributed by atoms with Crippen molar-refractivity contribution in [2.24, 2.45) is 0 Å². The van der Waals surface area contributed by atoms with Gasteiger partial charge >= 0.3 is 11.9 Å². The van der Waals surface area contributed by atoms with Crippen molar-refractivity contribution in [3.05, 3.63) is 0 Å². The molecule has 15 heavy (non-hydrogen) atoms. The maximum atomic E-state index is 11.1. The van der Waals surface area contributed by atoms with Gasteiger partial charge in [0.1, 0.15) is 5.60 Å². The lowest BCUT2D eigenvalue weighted by Crippen LogP contribution is -2.27. The summed E-state index contributed by atoms with van der Waals surface area (Å²) in [5.74, 6) is -1.02. The summed E-state index contributed by atoms with van der Waals surface area (Å²) < 4.78 is 14.3. The lowest BCUT2D eigenvalue weighted by atomic mass is 10.2.